The van der Waals surface area contributed by atoms with E-state index < -0.39 is 18.6 Å². The van der Waals surface area contributed by atoms with Crippen molar-refractivity contribution in [2.75, 3.05) is 12.3 Å². The summed E-state index contributed by atoms with van der Waals surface area (Å²) >= 11 is 0. The zero-order chi connectivity index (χ0) is 10.8. The Labute approximate surface area is 76.5 Å². The van der Waals surface area contributed by atoms with Gasteiger partial charge in [-0.3, -0.25) is 9.89 Å². The summed E-state index contributed by atoms with van der Waals surface area (Å²) < 4.78 is 35.1. The van der Waals surface area contributed by atoms with E-state index in [0.29, 0.717) is 0 Å². The number of amides is 1. The Morgan fingerprint density at radius 1 is 1.64 bits per heavy atom. The van der Waals surface area contributed by atoms with Crippen LogP contribution in [-0.2, 0) is 0 Å². The van der Waals surface area contributed by atoms with E-state index >= 15 is 0 Å². The molecule has 1 aromatic heterocycles. The number of alkyl halides is 3. The maximum absolute atomic E-state index is 11.7. The molecule has 0 aliphatic heterocycles. The maximum atomic E-state index is 11.7. The van der Waals surface area contributed by atoms with E-state index in [1.165, 1.54) is 0 Å². The quantitative estimate of drug-likeness (QED) is 0.652. The Bertz CT molecular complexity index is 332. The first-order valence-corrected chi connectivity index (χ1v) is 3.54. The first-order valence-electron chi connectivity index (χ1n) is 3.54. The van der Waals surface area contributed by atoms with Crippen molar-refractivity contribution in [3.8, 4) is 0 Å². The Hall–Kier alpha value is -1.73. The summed E-state index contributed by atoms with van der Waals surface area (Å²) in [5.74, 6) is -0.974. The van der Waals surface area contributed by atoms with Crippen LogP contribution in [0, 0.1) is 0 Å². The van der Waals surface area contributed by atoms with Gasteiger partial charge in [0.25, 0.3) is 5.91 Å². The van der Waals surface area contributed by atoms with Gasteiger partial charge in [-0.25, -0.2) is 0 Å². The molecular weight excluding hydrogens is 201 g/mol. The van der Waals surface area contributed by atoms with Gasteiger partial charge in [-0.2, -0.15) is 18.3 Å². The molecule has 0 spiro atoms. The first kappa shape index (κ1) is 10.4. The Kier molecular flexibility index (Phi) is 2.63. The van der Waals surface area contributed by atoms with Gasteiger partial charge < -0.3 is 11.1 Å². The van der Waals surface area contributed by atoms with Crippen molar-refractivity contribution in [3.05, 3.63) is 11.8 Å². The fourth-order valence-corrected chi connectivity index (χ4v) is 0.753. The van der Waals surface area contributed by atoms with E-state index in [9.17, 15) is 18.0 Å². The van der Waals surface area contributed by atoms with Gasteiger partial charge in [0, 0.05) is 0 Å². The molecule has 0 saturated carbocycles. The van der Waals surface area contributed by atoms with Crippen molar-refractivity contribution < 1.29 is 18.0 Å². The summed E-state index contributed by atoms with van der Waals surface area (Å²) in [4.78, 5) is 11.0. The number of nitrogen functional groups attached to an aromatic ring is 1. The average molecular weight is 208 g/mol. The van der Waals surface area contributed by atoms with Gasteiger partial charge in [-0.05, 0) is 0 Å². The standard InChI is InChI=1S/C6H7F3N4O/c7-6(8,9)2-11-5(14)3-1-12-13-4(3)10/h1H,2H2,(H,11,14)(H3,10,12,13). The molecular formula is C6H7F3N4O. The van der Waals surface area contributed by atoms with E-state index in [2.05, 4.69) is 10.2 Å². The van der Waals surface area contributed by atoms with Crippen molar-refractivity contribution in [1.82, 2.24) is 15.5 Å². The highest BCUT2D eigenvalue weighted by molar-refractivity contribution is 5.98. The number of carbonyl (C=O) groups is 1. The number of nitrogens with zero attached hydrogens (tertiary/aromatic N) is 1. The molecule has 1 amide bonds. The molecule has 0 unspecified atom stereocenters. The van der Waals surface area contributed by atoms with E-state index in [1.807, 2.05) is 0 Å². The molecule has 0 aromatic carbocycles. The number of nitrogens with one attached hydrogen (secondary N) is 2. The highest BCUT2D eigenvalue weighted by atomic mass is 19.4. The smallest absolute Gasteiger partial charge is 0.383 e. The van der Waals surface area contributed by atoms with Gasteiger partial charge in [0.1, 0.15) is 17.9 Å². The predicted molar refractivity (Wildman–Crippen MR) is 41.4 cm³/mol. The third kappa shape index (κ3) is 2.64. The Morgan fingerprint density at radius 3 is 2.71 bits per heavy atom. The summed E-state index contributed by atoms with van der Waals surface area (Å²) in [5, 5.41) is 7.29. The molecule has 0 saturated heterocycles. The molecule has 8 heteroatoms. The fraction of sp³-hybridized carbons (Fsp3) is 0.333. The number of halogens is 3. The van der Waals surface area contributed by atoms with Crippen molar-refractivity contribution in [3.63, 3.8) is 0 Å². The largest absolute Gasteiger partial charge is 0.405 e. The zero-order valence-corrected chi connectivity index (χ0v) is 6.85. The predicted octanol–water partition coefficient (Wildman–Crippen LogP) is 0.284. The monoisotopic (exact) mass is 208 g/mol. The summed E-state index contributed by atoms with van der Waals surface area (Å²) in [6.45, 7) is -1.39. The van der Waals surface area contributed by atoms with Gasteiger partial charge in [-0.15, -0.1) is 0 Å². The van der Waals surface area contributed by atoms with E-state index in [1.54, 1.807) is 5.32 Å². The van der Waals surface area contributed by atoms with Crippen molar-refractivity contribution in [2.24, 2.45) is 0 Å². The van der Waals surface area contributed by atoms with Crippen LogP contribution in [-0.4, -0.2) is 28.8 Å². The van der Waals surface area contributed by atoms with Crippen molar-refractivity contribution in [2.45, 2.75) is 6.18 Å². The lowest BCUT2D eigenvalue weighted by Crippen LogP contribution is -2.33. The fourth-order valence-electron chi connectivity index (χ4n) is 0.753. The van der Waals surface area contributed by atoms with Crippen LogP contribution in [0.2, 0.25) is 0 Å². The van der Waals surface area contributed by atoms with Crippen LogP contribution in [0.15, 0.2) is 6.20 Å². The van der Waals surface area contributed by atoms with Crippen LogP contribution >= 0.6 is 0 Å². The van der Waals surface area contributed by atoms with Gasteiger partial charge >= 0.3 is 6.18 Å². The van der Waals surface area contributed by atoms with E-state index in [4.69, 9.17) is 5.73 Å². The molecule has 5 nitrogen and oxygen atoms in total. The molecule has 0 atom stereocenters. The second kappa shape index (κ2) is 3.56. The molecule has 0 fully saturated rings. The molecule has 1 aromatic rings. The lowest BCUT2D eigenvalue weighted by molar-refractivity contribution is -0.123. The number of anilines is 1. The van der Waals surface area contributed by atoms with Crippen LogP contribution in [0.4, 0.5) is 19.0 Å². The minimum atomic E-state index is -4.44. The Morgan fingerprint density at radius 2 is 2.29 bits per heavy atom. The maximum Gasteiger partial charge on any atom is 0.405 e. The first-order chi connectivity index (χ1) is 6.40. The number of aromatic nitrogens is 2. The normalized spacial score (nSPS) is 11.4. The van der Waals surface area contributed by atoms with Gasteiger partial charge in [0.2, 0.25) is 0 Å². The third-order valence-corrected chi connectivity index (χ3v) is 1.36. The van der Waals surface area contributed by atoms with Gasteiger partial charge in [-0.1, -0.05) is 0 Å². The Balaban J connectivity index is 2.56. The molecule has 0 bridgehead atoms. The lowest BCUT2D eigenvalue weighted by Gasteiger charge is -2.07. The van der Waals surface area contributed by atoms with E-state index in [-0.39, 0.29) is 11.4 Å². The number of hydrogen-bond acceptors (Lipinski definition) is 3. The zero-order valence-electron chi connectivity index (χ0n) is 6.85. The number of carbonyl (C=O) groups excluding carboxylic acids is 1. The number of aromatic amines is 1. The second-order valence-electron chi connectivity index (χ2n) is 2.50. The van der Waals surface area contributed by atoms with Crippen LogP contribution in [0.5, 0.6) is 0 Å². The summed E-state index contributed by atoms with van der Waals surface area (Å²) in [7, 11) is 0. The van der Waals surface area contributed by atoms with Crippen molar-refractivity contribution in [1.29, 1.82) is 0 Å². The van der Waals surface area contributed by atoms with Crippen molar-refractivity contribution >= 4 is 11.7 Å². The van der Waals surface area contributed by atoms with Crippen LogP contribution < -0.4 is 11.1 Å². The molecule has 4 N–H and O–H groups in total. The van der Waals surface area contributed by atoms with Crippen LogP contribution in [0.3, 0.4) is 0 Å². The SMILES string of the molecule is Nc1[nH]ncc1C(=O)NCC(F)(F)F. The van der Waals surface area contributed by atoms with E-state index in [0.717, 1.165) is 6.20 Å². The highest BCUT2D eigenvalue weighted by Gasteiger charge is 2.28. The number of nitrogens with two attached hydrogens (primary N) is 1. The molecule has 14 heavy (non-hydrogen) atoms. The third-order valence-electron chi connectivity index (χ3n) is 1.36. The van der Waals surface area contributed by atoms with Gasteiger partial charge in [0.05, 0.1) is 6.20 Å². The minimum Gasteiger partial charge on any atom is -0.383 e. The highest BCUT2D eigenvalue weighted by Crippen LogP contribution is 2.13. The topological polar surface area (TPSA) is 83.8 Å². The second-order valence-corrected chi connectivity index (χ2v) is 2.50. The molecule has 0 radical (unpaired) electrons. The number of rotatable bonds is 2. The van der Waals surface area contributed by atoms with Crippen LogP contribution in [0.1, 0.15) is 10.4 Å². The number of H-pyrrole nitrogens is 1. The number of hydrogen-bond donors (Lipinski definition) is 3. The minimum absolute atomic E-state index is 0.0651. The molecule has 1 heterocycles. The molecule has 0 aliphatic carbocycles. The molecule has 0 aliphatic rings. The summed E-state index contributed by atoms with van der Waals surface area (Å²) in [5.41, 5.74) is 5.12. The van der Waals surface area contributed by atoms with Gasteiger partial charge in [0.15, 0.2) is 0 Å². The molecule has 78 valence electrons. The summed E-state index contributed by atoms with van der Waals surface area (Å²) in [6, 6.07) is 0. The molecule has 1 rings (SSSR count). The lowest BCUT2D eigenvalue weighted by atomic mass is 10.3. The average Bonchev–Trinajstić information content (AvgIpc) is 2.46. The summed E-state index contributed by atoms with van der Waals surface area (Å²) in [6.07, 6.45) is -3.38. The van der Waals surface area contributed by atoms with Crippen LogP contribution in [0.25, 0.3) is 0 Å².